The first-order valence-electron chi connectivity index (χ1n) is 13.0. The van der Waals surface area contributed by atoms with Crippen molar-refractivity contribution in [2.45, 2.75) is 87.3 Å². The molecule has 3 heterocycles. The Bertz CT molecular complexity index is 834. The average Bonchev–Trinajstić information content (AvgIpc) is 3.39. The van der Waals surface area contributed by atoms with Gasteiger partial charge in [0.15, 0.2) is 0 Å². The maximum absolute atomic E-state index is 14.3. The summed E-state index contributed by atoms with van der Waals surface area (Å²) in [5.74, 6) is -1.66. The van der Waals surface area contributed by atoms with E-state index in [1.807, 2.05) is 11.8 Å². The molecule has 7 nitrogen and oxygen atoms in total. The minimum absolute atomic E-state index is 0.0276. The predicted molar refractivity (Wildman–Crippen MR) is 139 cm³/mol. The number of aliphatic hydroxyl groups is 1. The summed E-state index contributed by atoms with van der Waals surface area (Å²) in [6.07, 6.45) is 8.74. The Balaban J connectivity index is 2.01. The molecule has 0 aromatic carbocycles. The molecule has 196 valence electrons. The molecule has 6 atom stereocenters. The second-order valence-electron chi connectivity index (χ2n) is 10.4. The molecular formula is C27H42N2O5S. The number of rotatable bonds is 14. The van der Waals surface area contributed by atoms with Gasteiger partial charge in [0.05, 0.1) is 16.6 Å². The van der Waals surface area contributed by atoms with E-state index < -0.39 is 27.4 Å². The molecule has 3 fully saturated rings. The molecule has 35 heavy (non-hydrogen) atoms. The van der Waals surface area contributed by atoms with Gasteiger partial charge in [-0.25, -0.2) is 0 Å². The average molecular weight is 507 g/mol. The molecule has 2 amide bonds. The van der Waals surface area contributed by atoms with Crippen molar-refractivity contribution < 1.29 is 24.2 Å². The zero-order chi connectivity index (χ0) is 25.8. The summed E-state index contributed by atoms with van der Waals surface area (Å²) in [5.41, 5.74) is 0. The summed E-state index contributed by atoms with van der Waals surface area (Å²) in [7, 11) is 0. The van der Waals surface area contributed by atoms with E-state index in [0.29, 0.717) is 25.9 Å². The molecule has 0 saturated carbocycles. The first-order valence-corrected chi connectivity index (χ1v) is 13.8. The number of amides is 2. The van der Waals surface area contributed by atoms with E-state index >= 15 is 0 Å². The quantitative estimate of drug-likeness (QED) is 0.220. The van der Waals surface area contributed by atoms with Crippen LogP contribution in [0.3, 0.4) is 0 Å². The molecule has 3 unspecified atom stereocenters. The van der Waals surface area contributed by atoms with Gasteiger partial charge in [0.2, 0.25) is 11.8 Å². The zero-order valence-electron chi connectivity index (χ0n) is 21.5. The van der Waals surface area contributed by atoms with E-state index in [0.717, 1.165) is 32.1 Å². The maximum atomic E-state index is 14.3. The third kappa shape index (κ3) is 4.93. The van der Waals surface area contributed by atoms with Crippen molar-refractivity contribution in [1.29, 1.82) is 0 Å². The predicted octanol–water partition coefficient (Wildman–Crippen LogP) is 3.56. The summed E-state index contributed by atoms with van der Waals surface area (Å²) < 4.78 is 4.40. The number of likely N-dealkylation sites (tertiary alicyclic amines) is 1. The fraction of sp³-hybridized carbons (Fsp3) is 0.741. The molecular weight excluding hydrogens is 464 g/mol. The molecule has 0 radical (unpaired) electrons. The van der Waals surface area contributed by atoms with Gasteiger partial charge in [-0.2, -0.15) is 0 Å². The highest BCUT2D eigenvalue weighted by Crippen LogP contribution is 2.71. The highest BCUT2D eigenvalue weighted by atomic mass is 32.2. The lowest BCUT2D eigenvalue weighted by molar-refractivity contribution is -0.154. The van der Waals surface area contributed by atoms with Gasteiger partial charge >= 0.3 is 5.97 Å². The molecule has 2 bridgehead atoms. The van der Waals surface area contributed by atoms with Crippen LogP contribution >= 0.6 is 11.8 Å². The van der Waals surface area contributed by atoms with Crippen LogP contribution in [0.15, 0.2) is 25.3 Å². The first-order chi connectivity index (χ1) is 16.7. The van der Waals surface area contributed by atoms with E-state index in [9.17, 15) is 19.5 Å². The number of esters is 1. The van der Waals surface area contributed by atoms with E-state index in [1.165, 1.54) is 6.08 Å². The molecule has 0 aromatic rings. The number of nitrogens with zero attached hydrogens (tertiary/aromatic N) is 2. The molecule has 0 aromatic heterocycles. The molecule has 1 spiro atoms. The minimum Gasteiger partial charge on any atom is -0.461 e. The number of thioether (sulfide) groups is 1. The van der Waals surface area contributed by atoms with E-state index in [1.54, 1.807) is 22.7 Å². The van der Waals surface area contributed by atoms with Crippen LogP contribution in [-0.4, -0.2) is 80.6 Å². The molecule has 3 rings (SSSR count). The van der Waals surface area contributed by atoms with Crippen LogP contribution in [0.25, 0.3) is 0 Å². The summed E-state index contributed by atoms with van der Waals surface area (Å²) in [6.45, 7) is 14.8. The fourth-order valence-electron chi connectivity index (χ4n) is 6.46. The normalized spacial score (nSPS) is 31.8. The van der Waals surface area contributed by atoms with Gasteiger partial charge in [-0.3, -0.25) is 14.4 Å². The molecule has 3 aliphatic rings. The monoisotopic (exact) mass is 506 g/mol. The van der Waals surface area contributed by atoms with Gasteiger partial charge < -0.3 is 19.6 Å². The molecule has 3 saturated heterocycles. The number of hydrogen-bond acceptors (Lipinski definition) is 6. The van der Waals surface area contributed by atoms with Gasteiger partial charge in [-0.15, -0.1) is 18.3 Å². The Morgan fingerprint density at radius 3 is 2.66 bits per heavy atom. The third-order valence-corrected chi connectivity index (χ3v) is 10.00. The largest absolute Gasteiger partial charge is 0.461 e. The van der Waals surface area contributed by atoms with Crippen molar-refractivity contribution in [3.63, 3.8) is 0 Å². The third-order valence-electron chi connectivity index (χ3n) is 8.01. The van der Waals surface area contributed by atoms with Crippen LogP contribution < -0.4 is 0 Å². The molecule has 8 heteroatoms. The summed E-state index contributed by atoms with van der Waals surface area (Å²) in [5, 5.41) is 9.19. The van der Waals surface area contributed by atoms with Gasteiger partial charge in [0.25, 0.3) is 0 Å². The lowest BCUT2D eigenvalue weighted by Gasteiger charge is -2.39. The Kier molecular flexibility index (Phi) is 9.13. The highest BCUT2D eigenvalue weighted by molar-refractivity contribution is 8.02. The number of ether oxygens (including phenoxy) is 1. The maximum Gasteiger partial charge on any atom is 0.311 e. The second-order valence-corrected chi connectivity index (χ2v) is 12.3. The lowest BCUT2D eigenvalue weighted by atomic mass is 9.66. The van der Waals surface area contributed by atoms with Crippen LogP contribution in [0.5, 0.6) is 0 Å². The minimum atomic E-state index is -0.636. The topological polar surface area (TPSA) is 87.1 Å². The van der Waals surface area contributed by atoms with E-state index in [2.05, 4.69) is 27.0 Å². The van der Waals surface area contributed by atoms with Crippen molar-refractivity contribution in [2.24, 2.45) is 11.8 Å². The summed E-state index contributed by atoms with van der Waals surface area (Å²) in [6, 6.07) is -0.586. The van der Waals surface area contributed by atoms with Crippen LogP contribution in [0.1, 0.15) is 65.7 Å². The summed E-state index contributed by atoms with van der Waals surface area (Å²) in [4.78, 5) is 45.1. The van der Waals surface area contributed by atoms with Crippen LogP contribution in [0, 0.1) is 11.8 Å². The Morgan fingerprint density at radius 1 is 1.29 bits per heavy atom. The number of hydrogen-bond donors (Lipinski definition) is 1. The fourth-order valence-corrected chi connectivity index (χ4v) is 8.80. The van der Waals surface area contributed by atoms with E-state index in [-0.39, 0.29) is 37.0 Å². The Morgan fingerprint density at radius 2 is 2.03 bits per heavy atom. The SMILES string of the molecule is C=CCOC(=O)[C@@H]1[C@H]2C(=O)N(CCCCCO)C(C(=O)N(CC=C)C(C)CCC)C23CC[C@@]1(C)S3. The van der Waals surface area contributed by atoms with Crippen LogP contribution in [0.4, 0.5) is 0 Å². The molecule has 0 aliphatic carbocycles. The number of aliphatic hydroxyl groups excluding tert-OH is 1. The zero-order valence-corrected chi connectivity index (χ0v) is 22.4. The number of unbranched alkanes of at least 4 members (excludes halogenated alkanes) is 2. The smallest absolute Gasteiger partial charge is 0.311 e. The van der Waals surface area contributed by atoms with Crippen molar-refractivity contribution in [1.82, 2.24) is 9.80 Å². The Labute approximate surface area is 214 Å². The van der Waals surface area contributed by atoms with Crippen LogP contribution in [0.2, 0.25) is 0 Å². The highest BCUT2D eigenvalue weighted by Gasteiger charge is 2.77. The number of fused-ring (bicyclic) bond motifs is 1. The van der Waals surface area contributed by atoms with Gasteiger partial charge in [0, 0.05) is 30.5 Å². The van der Waals surface area contributed by atoms with Gasteiger partial charge in [0.1, 0.15) is 12.6 Å². The standard InChI is InChI=1S/C27H42N2O5S/c1-6-12-19(4)28(15-7-2)24(32)22-27-14-13-26(5,35-27)21(25(33)34-18-8-3)20(27)23(31)29(22)16-10-9-11-17-30/h7-8,19-22,30H,2-3,6,9-18H2,1,4-5H3/t19?,20-,21-,22?,26+,27?/m0/s1. The first kappa shape index (κ1) is 27.8. The van der Waals surface area contributed by atoms with Crippen molar-refractivity contribution >= 4 is 29.5 Å². The van der Waals surface area contributed by atoms with Crippen LogP contribution in [-0.2, 0) is 19.1 Å². The Hall–Kier alpha value is -1.80. The molecule has 1 N–H and O–H groups in total. The van der Waals surface area contributed by atoms with Gasteiger partial charge in [-0.1, -0.05) is 32.1 Å². The second kappa shape index (κ2) is 11.5. The number of carbonyl (C=O) groups excluding carboxylic acids is 3. The van der Waals surface area contributed by atoms with E-state index in [4.69, 9.17) is 4.74 Å². The van der Waals surface area contributed by atoms with Crippen molar-refractivity contribution in [2.75, 3.05) is 26.3 Å². The molecule has 3 aliphatic heterocycles. The lowest BCUT2D eigenvalue weighted by Crippen LogP contribution is -2.56. The summed E-state index contributed by atoms with van der Waals surface area (Å²) >= 11 is 1.67. The van der Waals surface area contributed by atoms with Crippen molar-refractivity contribution in [3.8, 4) is 0 Å². The number of carbonyl (C=O) groups is 3. The van der Waals surface area contributed by atoms with Crippen molar-refractivity contribution in [3.05, 3.63) is 25.3 Å². The van der Waals surface area contributed by atoms with Gasteiger partial charge in [-0.05, 0) is 52.4 Å².